The number of benzene rings is 1. The molecule has 0 aliphatic rings. The van der Waals surface area contributed by atoms with Gasteiger partial charge in [0, 0.05) is 48.9 Å². The molecule has 0 aliphatic heterocycles. The van der Waals surface area contributed by atoms with Gasteiger partial charge in [-0.2, -0.15) is 0 Å². The maximum Gasteiger partial charge on any atom is 0.271 e. The van der Waals surface area contributed by atoms with Crippen molar-refractivity contribution in [2.45, 2.75) is 18.9 Å². The van der Waals surface area contributed by atoms with Crippen LogP contribution in [0.25, 0.3) is 0 Å². The molecule has 1 aromatic rings. The van der Waals surface area contributed by atoms with E-state index in [2.05, 4.69) is 21.2 Å². The monoisotopic (exact) mass is 360 g/mol. The lowest BCUT2D eigenvalue weighted by molar-refractivity contribution is -0.385. The summed E-state index contributed by atoms with van der Waals surface area (Å²) < 4.78 is 5.31. The van der Waals surface area contributed by atoms with E-state index in [1.54, 1.807) is 6.92 Å². The molecule has 1 rings (SSSR count). The average Bonchev–Trinajstić information content (AvgIpc) is 2.42. The molecule has 0 aromatic heterocycles. The van der Waals surface area contributed by atoms with E-state index >= 15 is 0 Å². The second-order valence-electron chi connectivity index (χ2n) is 4.88. The number of amides is 1. The number of non-ortho nitro benzene ring substituents is 1. The first kappa shape index (κ1) is 17.5. The molecule has 1 atom stereocenters. The highest BCUT2D eigenvalue weighted by molar-refractivity contribution is 9.10. The van der Waals surface area contributed by atoms with Crippen LogP contribution in [-0.4, -0.2) is 41.8 Å². The Morgan fingerprint density at radius 2 is 2.19 bits per heavy atom. The van der Waals surface area contributed by atoms with Gasteiger partial charge in [-0.3, -0.25) is 14.9 Å². The minimum Gasteiger partial charge on any atom is -0.388 e. The van der Waals surface area contributed by atoms with Crippen LogP contribution in [0.1, 0.15) is 23.7 Å². The normalized spacial score (nSPS) is 13.5. The van der Waals surface area contributed by atoms with Gasteiger partial charge in [0.05, 0.1) is 10.5 Å². The maximum absolute atomic E-state index is 12.0. The number of aliphatic hydroxyl groups is 1. The van der Waals surface area contributed by atoms with Crippen LogP contribution >= 0.6 is 15.9 Å². The maximum atomic E-state index is 12.0. The van der Waals surface area contributed by atoms with Gasteiger partial charge in [-0.25, -0.2) is 0 Å². The number of nitro groups is 1. The van der Waals surface area contributed by atoms with E-state index in [-0.39, 0.29) is 17.8 Å². The van der Waals surface area contributed by atoms with Crippen LogP contribution in [0.15, 0.2) is 22.7 Å². The molecule has 0 saturated carbocycles. The number of halogens is 1. The van der Waals surface area contributed by atoms with Crippen LogP contribution in [0.2, 0.25) is 0 Å². The van der Waals surface area contributed by atoms with Crippen molar-refractivity contribution in [1.29, 1.82) is 0 Å². The molecule has 0 saturated heterocycles. The van der Waals surface area contributed by atoms with Crippen LogP contribution in [0.4, 0.5) is 5.69 Å². The molecule has 8 heteroatoms. The Bertz CT molecular complexity index is 533. The Labute approximate surface area is 130 Å². The summed E-state index contributed by atoms with van der Waals surface area (Å²) in [6.45, 7) is 1.97. The van der Waals surface area contributed by atoms with Crippen LogP contribution in [0, 0.1) is 10.1 Å². The number of ether oxygens (including phenoxy) is 1. The summed E-state index contributed by atoms with van der Waals surface area (Å²) in [7, 11) is 1.52. The van der Waals surface area contributed by atoms with Gasteiger partial charge < -0.3 is 15.2 Å². The molecule has 21 heavy (non-hydrogen) atoms. The lowest BCUT2D eigenvalue weighted by Crippen LogP contribution is -2.41. The van der Waals surface area contributed by atoms with E-state index < -0.39 is 16.4 Å². The second-order valence-corrected chi connectivity index (χ2v) is 5.79. The standard InChI is InChI=1S/C13H17BrN2O5/c1-13(18,3-4-21-2)8-15-12(17)9-5-10(14)7-11(6-9)16(19)20/h5-7,18H,3-4,8H2,1-2H3,(H,15,17). The van der Waals surface area contributed by atoms with Crippen molar-refractivity contribution in [2.24, 2.45) is 0 Å². The van der Waals surface area contributed by atoms with E-state index in [4.69, 9.17) is 4.74 Å². The number of methoxy groups -OCH3 is 1. The van der Waals surface area contributed by atoms with Gasteiger partial charge in [-0.15, -0.1) is 0 Å². The molecule has 1 aromatic carbocycles. The first-order valence-electron chi connectivity index (χ1n) is 6.20. The van der Waals surface area contributed by atoms with Crippen molar-refractivity contribution < 1.29 is 19.6 Å². The molecule has 0 fully saturated rings. The molecule has 7 nitrogen and oxygen atoms in total. The number of hydrogen-bond donors (Lipinski definition) is 2. The van der Waals surface area contributed by atoms with Gasteiger partial charge in [-0.05, 0) is 13.0 Å². The van der Waals surface area contributed by atoms with Crippen molar-refractivity contribution >= 4 is 27.5 Å². The van der Waals surface area contributed by atoms with Gasteiger partial charge >= 0.3 is 0 Å². The van der Waals surface area contributed by atoms with Crippen molar-refractivity contribution in [3.05, 3.63) is 38.3 Å². The number of rotatable bonds is 7. The zero-order valence-electron chi connectivity index (χ0n) is 11.8. The summed E-state index contributed by atoms with van der Waals surface area (Å²) >= 11 is 3.12. The molecule has 0 heterocycles. The number of nitrogens with zero attached hydrogens (tertiary/aromatic N) is 1. The summed E-state index contributed by atoms with van der Waals surface area (Å²) in [4.78, 5) is 22.2. The smallest absolute Gasteiger partial charge is 0.271 e. The molecule has 116 valence electrons. The van der Waals surface area contributed by atoms with Crippen molar-refractivity contribution in [3.8, 4) is 0 Å². The predicted molar refractivity (Wildman–Crippen MR) is 80.2 cm³/mol. The zero-order valence-corrected chi connectivity index (χ0v) is 13.3. The van der Waals surface area contributed by atoms with Gasteiger partial charge in [0.15, 0.2) is 0 Å². The molecule has 0 bridgehead atoms. The van der Waals surface area contributed by atoms with Crippen molar-refractivity contribution in [2.75, 3.05) is 20.3 Å². The largest absolute Gasteiger partial charge is 0.388 e. The van der Waals surface area contributed by atoms with Crippen LogP contribution < -0.4 is 5.32 Å². The summed E-state index contributed by atoms with van der Waals surface area (Å²) in [5.74, 6) is -0.489. The predicted octanol–water partition coefficient (Wildman–Crippen LogP) is 1.87. The van der Waals surface area contributed by atoms with Crippen LogP contribution in [0.3, 0.4) is 0 Å². The lowest BCUT2D eigenvalue weighted by atomic mass is 10.0. The van der Waals surface area contributed by atoms with E-state index in [9.17, 15) is 20.0 Å². The van der Waals surface area contributed by atoms with Crippen molar-refractivity contribution in [3.63, 3.8) is 0 Å². The minimum atomic E-state index is -1.11. The zero-order chi connectivity index (χ0) is 16.0. The Morgan fingerprint density at radius 1 is 1.52 bits per heavy atom. The van der Waals surface area contributed by atoms with Gasteiger partial charge in [-0.1, -0.05) is 15.9 Å². The van der Waals surface area contributed by atoms with Crippen molar-refractivity contribution in [1.82, 2.24) is 5.32 Å². The average molecular weight is 361 g/mol. The highest BCUT2D eigenvalue weighted by Gasteiger charge is 2.22. The first-order valence-corrected chi connectivity index (χ1v) is 6.99. The van der Waals surface area contributed by atoms with Crippen LogP contribution in [-0.2, 0) is 4.74 Å². The Hall–Kier alpha value is -1.51. The summed E-state index contributed by atoms with van der Waals surface area (Å²) in [5, 5.41) is 23.3. The topological polar surface area (TPSA) is 102 Å². The third-order valence-corrected chi connectivity index (χ3v) is 3.29. The molecular formula is C13H17BrN2O5. The quantitative estimate of drug-likeness (QED) is 0.570. The van der Waals surface area contributed by atoms with Crippen LogP contribution in [0.5, 0.6) is 0 Å². The lowest BCUT2D eigenvalue weighted by Gasteiger charge is -2.23. The van der Waals surface area contributed by atoms with E-state index in [1.807, 2.05) is 0 Å². The minimum absolute atomic E-state index is 0.0233. The molecular weight excluding hydrogens is 344 g/mol. The number of hydrogen-bond acceptors (Lipinski definition) is 5. The molecule has 1 unspecified atom stereocenters. The Balaban J connectivity index is 2.74. The summed E-state index contributed by atoms with van der Waals surface area (Å²) in [5.41, 5.74) is -1.14. The third kappa shape index (κ3) is 5.78. The number of carbonyl (C=O) groups excluding carboxylic acids is 1. The van der Waals surface area contributed by atoms with E-state index in [0.29, 0.717) is 17.5 Å². The third-order valence-electron chi connectivity index (χ3n) is 2.83. The Morgan fingerprint density at radius 3 is 2.76 bits per heavy atom. The first-order chi connectivity index (χ1) is 9.75. The summed E-state index contributed by atoms with van der Waals surface area (Å²) in [6, 6.07) is 3.97. The van der Waals surface area contributed by atoms with E-state index in [0.717, 1.165) is 0 Å². The fraction of sp³-hybridized carbons (Fsp3) is 0.462. The fourth-order valence-electron chi connectivity index (χ4n) is 1.59. The number of carbonyl (C=O) groups is 1. The summed E-state index contributed by atoms with van der Waals surface area (Å²) in [6.07, 6.45) is 0.364. The molecule has 0 radical (unpaired) electrons. The second kappa shape index (κ2) is 7.48. The highest BCUT2D eigenvalue weighted by atomic mass is 79.9. The highest BCUT2D eigenvalue weighted by Crippen LogP contribution is 2.21. The molecule has 2 N–H and O–H groups in total. The van der Waals surface area contributed by atoms with Gasteiger partial charge in [0.1, 0.15) is 0 Å². The number of nitrogens with one attached hydrogen (secondary N) is 1. The molecule has 1 amide bonds. The molecule has 0 spiro atoms. The Kier molecular flexibility index (Phi) is 6.25. The van der Waals surface area contributed by atoms with E-state index in [1.165, 1.54) is 25.3 Å². The number of nitro benzene ring substituents is 1. The molecule has 0 aliphatic carbocycles. The van der Waals surface area contributed by atoms with Gasteiger partial charge in [0.25, 0.3) is 11.6 Å². The SMILES string of the molecule is COCCC(C)(O)CNC(=O)c1cc(Br)cc([N+](=O)[O-])c1. The fourth-order valence-corrected chi connectivity index (χ4v) is 2.07. The van der Waals surface area contributed by atoms with Gasteiger partial charge in [0.2, 0.25) is 0 Å².